The fraction of sp³-hybridized carbons (Fsp3) is 0.143. The van der Waals surface area contributed by atoms with Crippen LogP contribution in [0.3, 0.4) is 0 Å². The van der Waals surface area contributed by atoms with E-state index < -0.39 is 5.56 Å². The first-order valence-corrected chi connectivity index (χ1v) is 8.74. The number of rotatable bonds is 7. The van der Waals surface area contributed by atoms with Gasteiger partial charge in [0, 0.05) is 18.6 Å². The van der Waals surface area contributed by atoms with Crippen molar-refractivity contribution < 1.29 is 14.3 Å². The van der Waals surface area contributed by atoms with Gasteiger partial charge in [-0.3, -0.25) is 19.8 Å². The third-order valence-corrected chi connectivity index (χ3v) is 4.12. The highest BCUT2D eigenvalue weighted by Crippen LogP contribution is 2.23. The predicted octanol–water partition coefficient (Wildman–Crippen LogP) is 3.09. The number of aromatic nitrogens is 2. The fourth-order valence-electron chi connectivity index (χ4n) is 2.85. The number of Topliss-reactive ketones (excluding diaryl/α,β-unsaturated/α-hetero) is 1. The lowest BCUT2D eigenvalue weighted by Crippen LogP contribution is -2.35. The predicted molar refractivity (Wildman–Crippen MR) is 105 cm³/mol. The van der Waals surface area contributed by atoms with Crippen LogP contribution in [0.4, 0.5) is 5.69 Å². The highest BCUT2D eigenvalue weighted by molar-refractivity contribution is 5.98. The summed E-state index contributed by atoms with van der Waals surface area (Å²) >= 11 is 0. The van der Waals surface area contributed by atoms with Crippen LogP contribution in [0.1, 0.15) is 30.0 Å². The molecular weight excluding hydrogens is 358 g/mol. The summed E-state index contributed by atoms with van der Waals surface area (Å²) in [6, 6.07) is 15.7. The molecule has 1 heterocycles. The molecule has 3 aromatic rings. The Labute approximate surface area is 161 Å². The smallest absolute Gasteiger partial charge is 0.298 e. The molecule has 0 saturated carbocycles. The van der Waals surface area contributed by atoms with Gasteiger partial charge in [0.15, 0.2) is 5.78 Å². The van der Waals surface area contributed by atoms with Crippen molar-refractivity contribution in [3.8, 4) is 17.0 Å². The monoisotopic (exact) mass is 377 g/mol. The SMILES string of the molecule is CCc1nc(-c2ccccc2)c(C(C)=O)n(Nc2cccc(OC=O)c2)c1=O. The molecule has 0 atom stereocenters. The molecule has 0 fully saturated rings. The molecule has 0 aliphatic carbocycles. The van der Waals surface area contributed by atoms with E-state index in [-0.39, 0.29) is 11.5 Å². The van der Waals surface area contributed by atoms with Gasteiger partial charge in [0.1, 0.15) is 22.8 Å². The zero-order chi connectivity index (χ0) is 20.1. The Kier molecular flexibility index (Phi) is 5.64. The molecule has 7 heteroatoms. The number of aryl methyl sites for hydroxylation is 1. The van der Waals surface area contributed by atoms with E-state index in [1.54, 1.807) is 24.3 Å². The van der Waals surface area contributed by atoms with E-state index in [9.17, 15) is 14.4 Å². The third-order valence-electron chi connectivity index (χ3n) is 4.12. The number of hydrogen-bond acceptors (Lipinski definition) is 6. The van der Waals surface area contributed by atoms with Gasteiger partial charge in [-0.05, 0) is 18.6 Å². The normalized spacial score (nSPS) is 10.4. The zero-order valence-electron chi connectivity index (χ0n) is 15.5. The maximum atomic E-state index is 12.9. The third kappa shape index (κ3) is 3.83. The molecule has 0 unspecified atom stereocenters. The maximum absolute atomic E-state index is 12.9. The lowest BCUT2D eigenvalue weighted by molar-refractivity contribution is -0.120. The molecule has 0 amide bonds. The van der Waals surface area contributed by atoms with Crippen molar-refractivity contribution in [3.63, 3.8) is 0 Å². The van der Waals surface area contributed by atoms with Gasteiger partial charge in [0.25, 0.3) is 12.0 Å². The molecule has 7 nitrogen and oxygen atoms in total. The number of carbonyl (C=O) groups excluding carboxylic acids is 2. The number of hydrogen-bond donors (Lipinski definition) is 1. The number of benzene rings is 2. The van der Waals surface area contributed by atoms with Crippen molar-refractivity contribution in [2.75, 3.05) is 5.43 Å². The first kappa shape index (κ1) is 19.0. The maximum Gasteiger partial charge on any atom is 0.298 e. The van der Waals surface area contributed by atoms with Gasteiger partial charge >= 0.3 is 0 Å². The van der Waals surface area contributed by atoms with E-state index in [4.69, 9.17) is 4.74 Å². The van der Waals surface area contributed by atoms with Gasteiger partial charge in [0.2, 0.25) is 0 Å². The van der Waals surface area contributed by atoms with Crippen LogP contribution >= 0.6 is 0 Å². The average Bonchev–Trinajstić information content (AvgIpc) is 2.70. The Balaban J connectivity index is 2.21. The number of nitrogens with zero attached hydrogens (tertiary/aromatic N) is 2. The van der Waals surface area contributed by atoms with Crippen molar-refractivity contribution in [3.05, 3.63) is 76.3 Å². The molecule has 0 aliphatic rings. The summed E-state index contributed by atoms with van der Waals surface area (Å²) in [6.45, 7) is 3.54. The van der Waals surface area contributed by atoms with Crippen LogP contribution in [0.15, 0.2) is 59.4 Å². The van der Waals surface area contributed by atoms with Crippen molar-refractivity contribution in [2.24, 2.45) is 0 Å². The Bertz CT molecular complexity index is 1070. The molecule has 1 N–H and O–H groups in total. The van der Waals surface area contributed by atoms with Crippen LogP contribution in [-0.4, -0.2) is 21.9 Å². The second-order valence-corrected chi connectivity index (χ2v) is 6.03. The quantitative estimate of drug-likeness (QED) is 0.503. The molecule has 3 rings (SSSR count). The molecule has 142 valence electrons. The van der Waals surface area contributed by atoms with Crippen molar-refractivity contribution in [1.82, 2.24) is 9.66 Å². The topological polar surface area (TPSA) is 90.3 Å². The first-order valence-electron chi connectivity index (χ1n) is 8.74. The van der Waals surface area contributed by atoms with E-state index in [1.807, 2.05) is 37.3 Å². The summed E-state index contributed by atoms with van der Waals surface area (Å²) in [5.41, 5.74) is 4.67. The van der Waals surface area contributed by atoms with Crippen LogP contribution in [0.2, 0.25) is 0 Å². The lowest BCUT2D eigenvalue weighted by Gasteiger charge is -2.18. The zero-order valence-corrected chi connectivity index (χ0v) is 15.5. The van der Waals surface area contributed by atoms with Gasteiger partial charge in [0.05, 0.1) is 5.69 Å². The molecule has 0 saturated heterocycles. The second kappa shape index (κ2) is 8.30. The van der Waals surface area contributed by atoms with Gasteiger partial charge in [-0.2, -0.15) is 0 Å². The first-order chi connectivity index (χ1) is 13.5. The summed E-state index contributed by atoms with van der Waals surface area (Å²) in [5.74, 6) is 0.00406. The minimum atomic E-state index is -0.408. The molecule has 2 aromatic carbocycles. The highest BCUT2D eigenvalue weighted by atomic mass is 16.5. The Morgan fingerprint density at radius 1 is 1.18 bits per heavy atom. The largest absolute Gasteiger partial charge is 0.429 e. The summed E-state index contributed by atoms with van der Waals surface area (Å²) in [6.07, 6.45) is 0.410. The van der Waals surface area contributed by atoms with E-state index in [0.717, 1.165) is 5.56 Å². The fourth-order valence-corrected chi connectivity index (χ4v) is 2.85. The molecule has 28 heavy (non-hydrogen) atoms. The van der Waals surface area contributed by atoms with Crippen LogP contribution in [0.5, 0.6) is 5.75 Å². The van der Waals surface area contributed by atoms with E-state index in [0.29, 0.717) is 35.7 Å². The van der Waals surface area contributed by atoms with Gasteiger partial charge in [-0.1, -0.05) is 43.3 Å². The Morgan fingerprint density at radius 2 is 1.93 bits per heavy atom. The highest BCUT2D eigenvalue weighted by Gasteiger charge is 2.20. The van der Waals surface area contributed by atoms with Gasteiger partial charge < -0.3 is 4.74 Å². The number of ether oxygens (including phenoxy) is 1. The van der Waals surface area contributed by atoms with Crippen LogP contribution in [-0.2, 0) is 11.2 Å². The number of anilines is 1. The molecular formula is C21H19N3O4. The second-order valence-electron chi connectivity index (χ2n) is 6.03. The van der Waals surface area contributed by atoms with E-state index in [2.05, 4.69) is 10.4 Å². The van der Waals surface area contributed by atoms with Crippen molar-refractivity contribution in [1.29, 1.82) is 0 Å². The molecule has 0 spiro atoms. The minimum absolute atomic E-state index is 0.148. The standard InChI is InChI=1S/C21H19N3O4/c1-3-18-21(27)24(23-16-10-7-11-17(12-16)28-13-25)20(14(2)26)19(22-18)15-8-5-4-6-9-15/h4-13,23H,3H2,1-2H3. The summed E-state index contributed by atoms with van der Waals surface area (Å²) in [7, 11) is 0. The van der Waals surface area contributed by atoms with E-state index in [1.165, 1.54) is 11.6 Å². The molecule has 0 radical (unpaired) electrons. The minimum Gasteiger partial charge on any atom is -0.429 e. The molecule has 1 aromatic heterocycles. The van der Waals surface area contributed by atoms with Crippen molar-refractivity contribution >= 4 is 17.9 Å². The Morgan fingerprint density at radius 3 is 2.57 bits per heavy atom. The number of ketones is 1. The average molecular weight is 377 g/mol. The van der Waals surface area contributed by atoms with E-state index >= 15 is 0 Å². The Hall–Kier alpha value is -3.74. The van der Waals surface area contributed by atoms with Crippen molar-refractivity contribution in [2.45, 2.75) is 20.3 Å². The van der Waals surface area contributed by atoms with Gasteiger partial charge in [-0.15, -0.1) is 0 Å². The number of carbonyl (C=O) groups is 2. The number of nitrogens with one attached hydrogen (secondary N) is 1. The summed E-state index contributed by atoms with van der Waals surface area (Å²) in [5, 5.41) is 0. The summed E-state index contributed by atoms with van der Waals surface area (Å²) < 4.78 is 6.05. The molecule has 0 bridgehead atoms. The lowest BCUT2D eigenvalue weighted by atomic mass is 10.1. The van der Waals surface area contributed by atoms with Crippen LogP contribution < -0.4 is 15.7 Å². The summed E-state index contributed by atoms with van der Waals surface area (Å²) in [4.78, 5) is 40.4. The molecule has 0 aliphatic heterocycles. The van der Waals surface area contributed by atoms with Crippen LogP contribution in [0.25, 0.3) is 11.3 Å². The van der Waals surface area contributed by atoms with Crippen LogP contribution in [0, 0.1) is 0 Å². The van der Waals surface area contributed by atoms with Gasteiger partial charge in [-0.25, -0.2) is 9.66 Å².